The van der Waals surface area contributed by atoms with Gasteiger partial charge in [-0.15, -0.1) is 0 Å². The van der Waals surface area contributed by atoms with Crippen molar-refractivity contribution >= 4 is 29.0 Å². The van der Waals surface area contributed by atoms with Crippen molar-refractivity contribution in [2.45, 2.75) is 97.3 Å². The Bertz CT molecular complexity index is 618. The second-order valence-corrected chi connectivity index (χ2v) is 8.32. The summed E-state index contributed by atoms with van der Waals surface area (Å²) in [5.74, 6) is -0.835. The smallest absolute Gasteiger partial charge is 0.313 e. The van der Waals surface area contributed by atoms with Gasteiger partial charge in [-0.1, -0.05) is 89.2 Å². The average Bonchev–Trinajstić information content (AvgIpc) is 2.71. The van der Waals surface area contributed by atoms with Crippen LogP contribution in [0.25, 0.3) is 0 Å². The van der Waals surface area contributed by atoms with Gasteiger partial charge in [-0.05, 0) is 31.5 Å². The molecule has 0 bridgehead atoms. The van der Waals surface area contributed by atoms with Crippen molar-refractivity contribution in [2.75, 3.05) is 18.5 Å². The van der Waals surface area contributed by atoms with Gasteiger partial charge in [-0.25, -0.2) is 0 Å². The summed E-state index contributed by atoms with van der Waals surface area (Å²) < 4.78 is 4.81. The Labute approximate surface area is 188 Å². The molecule has 0 spiro atoms. The van der Waals surface area contributed by atoms with Gasteiger partial charge in [0.2, 0.25) is 0 Å². The molecule has 0 unspecified atom stereocenters. The standard InChI is InChI=1S/C25H40ClNO3/c1-3-5-6-7-8-9-10-11-12-13-14-15-18-27-21-16-17-22(23(26)19-21)24(28)20-25(29)30-4-2/h16-17,19,27H,3-15,18,20H2,1-2H3. The molecule has 0 heterocycles. The molecule has 5 heteroatoms. The van der Waals surface area contributed by atoms with Gasteiger partial charge in [-0.3, -0.25) is 9.59 Å². The molecular weight excluding hydrogens is 398 g/mol. The lowest BCUT2D eigenvalue weighted by Crippen LogP contribution is -2.12. The molecule has 0 saturated heterocycles. The molecule has 0 aliphatic carbocycles. The van der Waals surface area contributed by atoms with Crippen LogP contribution in [-0.4, -0.2) is 24.9 Å². The third-order valence-corrected chi connectivity index (χ3v) is 5.55. The number of Topliss-reactive ketones (excluding diaryl/α,β-unsaturated/α-hetero) is 1. The Balaban J connectivity index is 2.11. The largest absolute Gasteiger partial charge is 0.466 e. The van der Waals surface area contributed by atoms with Crippen molar-refractivity contribution in [2.24, 2.45) is 0 Å². The minimum atomic E-state index is -0.521. The summed E-state index contributed by atoms with van der Waals surface area (Å²) in [5, 5.41) is 3.73. The fourth-order valence-electron chi connectivity index (χ4n) is 3.49. The van der Waals surface area contributed by atoms with Crippen LogP contribution in [0, 0.1) is 0 Å². The van der Waals surface area contributed by atoms with Crippen LogP contribution < -0.4 is 5.32 Å². The minimum absolute atomic E-state index is 0.266. The van der Waals surface area contributed by atoms with Gasteiger partial charge in [0.05, 0.1) is 11.6 Å². The lowest BCUT2D eigenvalue weighted by molar-refractivity contribution is -0.141. The molecule has 0 aromatic heterocycles. The van der Waals surface area contributed by atoms with E-state index in [1.54, 1.807) is 19.1 Å². The number of carbonyl (C=O) groups excluding carboxylic acids is 2. The number of hydrogen-bond acceptors (Lipinski definition) is 4. The maximum absolute atomic E-state index is 12.1. The van der Waals surface area contributed by atoms with E-state index in [9.17, 15) is 9.59 Å². The first-order valence-electron chi connectivity index (χ1n) is 11.8. The Morgan fingerprint density at radius 3 is 1.97 bits per heavy atom. The van der Waals surface area contributed by atoms with Gasteiger partial charge in [-0.2, -0.15) is 0 Å². The molecule has 1 aromatic rings. The number of benzene rings is 1. The second kappa shape index (κ2) is 17.2. The van der Waals surface area contributed by atoms with Gasteiger partial charge in [0.25, 0.3) is 0 Å². The number of nitrogens with one attached hydrogen (secondary N) is 1. The average molecular weight is 438 g/mol. The molecule has 30 heavy (non-hydrogen) atoms. The molecule has 170 valence electrons. The fourth-order valence-corrected chi connectivity index (χ4v) is 3.77. The van der Waals surface area contributed by atoms with Crippen molar-refractivity contribution < 1.29 is 14.3 Å². The molecule has 4 nitrogen and oxygen atoms in total. The van der Waals surface area contributed by atoms with Crippen LogP contribution in [0.15, 0.2) is 18.2 Å². The molecule has 0 radical (unpaired) electrons. The van der Waals surface area contributed by atoms with E-state index in [1.165, 1.54) is 70.6 Å². The number of hydrogen-bond donors (Lipinski definition) is 1. The maximum atomic E-state index is 12.1. The van der Waals surface area contributed by atoms with Gasteiger partial charge in [0.1, 0.15) is 6.42 Å². The molecule has 0 atom stereocenters. The summed E-state index contributed by atoms with van der Waals surface area (Å²) in [4.78, 5) is 23.6. The van der Waals surface area contributed by atoms with Crippen molar-refractivity contribution in [1.29, 1.82) is 0 Å². The predicted molar refractivity (Wildman–Crippen MR) is 127 cm³/mol. The molecule has 0 amide bonds. The third-order valence-electron chi connectivity index (χ3n) is 5.24. The number of ketones is 1. The van der Waals surface area contributed by atoms with Crippen LogP contribution >= 0.6 is 11.6 Å². The molecule has 0 aliphatic rings. The van der Waals surface area contributed by atoms with Gasteiger partial charge in [0, 0.05) is 17.8 Å². The SMILES string of the molecule is CCCCCCCCCCCCCCNc1ccc(C(=O)CC(=O)OCC)c(Cl)c1. The highest BCUT2D eigenvalue weighted by Crippen LogP contribution is 2.22. The molecule has 0 aliphatic heterocycles. The zero-order valence-electron chi connectivity index (χ0n) is 18.9. The lowest BCUT2D eigenvalue weighted by atomic mass is 10.1. The molecule has 0 saturated carbocycles. The quantitative estimate of drug-likeness (QED) is 0.111. The molecule has 1 N–H and O–H groups in total. The summed E-state index contributed by atoms with van der Waals surface area (Å²) in [7, 11) is 0. The van der Waals surface area contributed by atoms with Gasteiger partial charge < -0.3 is 10.1 Å². The summed E-state index contributed by atoms with van der Waals surface area (Å²) in [6.07, 6.45) is 15.8. The molecular formula is C25H40ClNO3. The van der Waals surface area contributed by atoms with Crippen molar-refractivity contribution in [3.63, 3.8) is 0 Å². The fraction of sp³-hybridized carbons (Fsp3) is 0.680. The monoisotopic (exact) mass is 437 g/mol. The highest BCUT2D eigenvalue weighted by molar-refractivity contribution is 6.34. The summed E-state index contributed by atoms with van der Waals surface area (Å²) in [5.41, 5.74) is 1.26. The molecule has 0 fully saturated rings. The van der Waals surface area contributed by atoms with E-state index in [1.807, 2.05) is 6.07 Å². The third kappa shape index (κ3) is 12.2. The summed E-state index contributed by atoms with van der Waals surface area (Å²) in [6, 6.07) is 5.26. The number of rotatable bonds is 18. The second-order valence-electron chi connectivity index (χ2n) is 7.92. The van der Waals surface area contributed by atoms with E-state index in [2.05, 4.69) is 12.2 Å². The number of anilines is 1. The minimum Gasteiger partial charge on any atom is -0.466 e. The van der Waals surface area contributed by atoms with Crippen molar-refractivity contribution in [3.8, 4) is 0 Å². The normalized spacial score (nSPS) is 10.8. The van der Waals surface area contributed by atoms with Gasteiger partial charge >= 0.3 is 5.97 Å². The van der Waals surface area contributed by atoms with Crippen LogP contribution in [0.2, 0.25) is 5.02 Å². The van der Waals surface area contributed by atoms with E-state index in [0.717, 1.165) is 18.7 Å². The van der Waals surface area contributed by atoms with E-state index < -0.39 is 5.97 Å². The van der Waals surface area contributed by atoms with Crippen LogP contribution in [-0.2, 0) is 9.53 Å². The van der Waals surface area contributed by atoms with E-state index >= 15 is 0 Å². The Hall–Kier alpha value is -1.55. The van der Waals surface area contributed by atoms with E-state index in [0.29, 0.717) is 10.6 Å². The zero-order valence-corrected chi connectivity index (χ0v) is 19.7. The first-order valence-corrected chi connectivity index (χ1v) is 12.2. The lowest BCUT2D eigenvalue weighted by Gasteiger charge is -2.09. The van der Waals surface area contributed by atoms with E-state index in [-0.39, 0.29) is 18.8 Å². The number of esters is 1. The van der Waals surface area contributed by atoms with Crippen molar-refractivity contribution in [3.05, 3.63) is 28.8 Å². The van der Waals surface area contributed by atoms with E-state index in [4.69, 9.17) is 16.3 Å². The summed E-state index contributed by atoms with van der Waals surface area (Å²) >= 11 is 6.23. The highest BCUT2D eigenvalue weighted by atomic mass is 35.5. The van der Waals surface area contributed by atoms with Crippen LogP contribution in [0.3, 0.4) is 0 Å². The number of carbonyl (C=O) groups is 2. The number of ether oxygens (including phenoxy) is 1. The van der Waals surface area contributed by atoms with Crippen molar-refractivity contribution in [1.82, 2.24) is 0 Å². The van der Waals surface area contributed by atoms with Crippen LogP contribution in [0.5, 0.6) is 0 Å². The first-order chi connectivity index (χ1) is 14.6. The Kier molecular flexibility index (Phi) is 15.2. The Morgan fingerprint density at radius 1 is 0.867 bits per heavy atom. The molecule has 1 rings (SSSR count). The predicted octanol–water partition coefficient (Wildman–Crippen LogP) is 7.59. The number of halogens is 1. The first kappa shape index (κ1) is 26.5. The van der Waals surface area contributed by atoms with Gasteiger partial charge in [0.15, 0.2) is 5.78 Å². The van der Waals surface area contributed by atoms with Crippen LogP contribution in [0.1, 0.15) is 108 Å². The summed E-state index contributed by atoms with van der Waals surface area (Å²) in [6.45, 7) is 5.14. The highest BCUT2D eigenvalue weighted by Gasteiger charge is 2.15. The molecule has 1 aromatic carbocycles. The number of unbranched alkanes of at least 4 members (excludes halogenated alkanes) is 11. The van der Waals surface area contributed by atoms with Crippen LogP contribution in [0.4, 0.5) is 5.69 Å². The Morgan fingerprint density at radius 2 is 1.43 bits per heavy atom. The maximum Gasteiger partial charge on any atom is 0.313 e. The zero-order chi connectivity index (χ0) is 22.0. The topological polar surface area (TPSA) is 55.4 Å².